The van der Waals surface area contributed by atoms with Crippen molar-refractivity contribution in [1.29, 1.82) is 0 Å². The molecule has 3 N–H and O–H groups in total. The van der Waals surface area contributed by atoms with E-state index in [9.17, 15) is 4.79 Å². The van der Waals surface area contributed by atoms with E-state index in [0.29, 0.717) is 24.2 Å². The van der Waals surface area contributed by atoms with Crippen molar-refractivity contribution in [3.63, 3.8) is 0 Å². The number of aromatic nitrogens is 3. The fourth-order valence-electron chi connectivity index (χ4n) is 4.69. The van der Waals surface area contributed by atoms with Crippen LogP contribution in [0.2, 0.25) is 0 Å². The largest absolute Gasteiger partial charge is 0.350 e. The van der Waals surface area contributed by atoms with Gasteiger partial charge in [0.1, 0.15) is 0 Å². The molecule has 2 aliphatic rings. The van der Waals surface area contributed by atoms with Gasteiger partial charge in [0, 0.05) is 13.1 Å². The maximum absolute atomic E-state index is 12.5. The molecular formula is C18H31N5O. The summed E-state index contributed by atoms with van der Waals surface area (Å²) in [5, 5.41) is 11.1. The van der Waals surface area contributed by atoms with Gasteiger partial charge >= 0.3 is 0 Å². The lowest BCUT2D eigenvalue weighted by Crippen LogP contribution is -2.44. The van der Waals surface area contributed by atoms with E-state index in [-0.39, 0.29) is 5.91 Å². The monoisotopic (exact) mass is 333 g/mol. The molecule has 1 aromatic rings. The average molecular weight is 333 g/mol. The zero-order valence-electron chi connectivity index (χ0n) is 14.7. The Bertz CT molecular complexity index is 529. The highest BCUT2D eigenvalue weighted by Gasteiger charge is 2.40. The molecule has 0 radical (unpaired) electrons. The van der Waals surface area contributed by atoms with E-state index in [1.54, 1.807) is 10.9 Å². The first-order valence-corrected chi connectivity index (χ1v) is 9.62. The van der Waals surface area contributed by atoms with E-state index in [4.69, 9.17) is 5.73 Å². The Hall–Kier alpha value is -1.43. The van der Waals surface area contributed by atoms with Crippen LogP contribution in [-0.2, 0) is 6.54 Å². The SMILES string of the molecule is NCCn1cc(C(=O)NCC2(C3CCCCC3)CCCCC2)nn1. The predicted molar refractivity (Wildman–Crippen MR) is 93.5 cm³/mol. The van der Waals surface area contributed by atoms with E-state index < -0.39 is 0 Å². The van der Waals surface area contributed by atoms with Gasteiger partial charge in [0.05, 0.1) is 12.7 Å². The van der Waals surface area contributed by atoms with E-state index in [1.807, 2.05) is 0 Å². The summed E-state index contributed by atoms with van der Waals surface area (Å²) >= 11 is 0. The molecule has 0 atom stereocenters. The van der Waals surface area contributed by atoms with Gasteiger partial charge in [0.25, 0.3) is 5.91 Å². The van der Waals surface area contributed by atoms with Crippen molar-refractivity contribution in [2.45, 2.75) is 70.8 Å². The van der Waals surface area contributed by atoms with Crippen molar-refractivity contribution in [3.05, 3.63) is 11.9 Å². The van der Waals surface area contributed by atoms with Crippen molar-refractivity contribution in [3.8, 4) is 0 Å². The maximum Gasteiger partial charge on any atom is 0.273 e. The quantitative estimate of drug-likeness (QED) is 0.837. The molecule has 134 valence electrons. The molecule has 0 spiro atoms. The van der Waals surface area contributed by atoms with Crippen molar-refractivity contribution >= 4 is 5.91 Å². The van der Waals surface area contributed by atoms with Crippen molar-refractivity contribution in [1.82, 2.24) is 20.3 Å². The maximum atomic E-state index is 12.5. The van der Waals surface area contributed by atoms with Crippen LogP contribution in [0.3, 0.4) is 0 Å². The number of nitrogens with two attached hydrogens (primary N) is 1. The highest BCUT2D eigenvalue weighted by Crippen LogP contribution is 2.47. The number of amides is 1. The summed E-state index contributed by atoms with van der Waals surface area (Å²) in [7, 11) is 0. The molecule has 1 amide bonds. The van der Waals surface area contributed by atoms with Crippen LogP contribution < -0.4 is 11.1 Å². The number of hydrogen-bond acceptors (Lipinski definition) is 4. The Morgan fingerprint density at radius 3 is 2.62 bits per heavy atom. The van der Waals surface area contributed by atoms with Gasteiger partial charge in [0.2, 0.25) is 0 Å². The van der Waals surface area contributed by atoms with E-state index in [1.165, 1.54) is 64.2 Å². The Balaban J connectivity index is 1.62. The molecule has 1 heterocycles. The molecule has 0 aliphatic heterocycles. The number of nitrogens with one attached hydrogen (secondary N) is 1. The Kier molecular flexibility index (Phi) is 5.87. The van der Waals surface area contributed by atoms with Gasteiger partial charge in [-0.2, -0.15) is 0 Å². The lowest BCUT2D eigenvalue weighted by atomic mass is 9.61. The van der Waals surface area contributed by atoms with Crippen molar-refractivity contribution < 1.29 is 4.79 Å². The first-order chi connectivity index (χ1) is 11.7. The highest BCUT2D eigenvalue weighted by atomic mass is 16.2. The Morgan fingerprint density at radius 1 is 1.21 bits per heavy atom. The van der Waals surface area contributed by atoms with Gasteiger partial charge in [-0.25, -0.2) is 0 Å². The zero-order valence-corrected chi connectivity index (χ0v) is 14.7. The molecule has 2 aliphatic carbocycles. The Labute approximate surface area is 144 Å². The second kappa shape index (κ2) is 8.10. The van der Waals surface area contributed by atoms with Gasteiger partial charge < -0.3 is 11.1 Å². The van der Waals surface area contributed by atoms with Gasteiger partial charge in [0.15, 0.2) is 5.69 Å². The fraction of sp³-hybridized carbons (Fsp3) is 0.833. The molecule has 0 aromatic carbocycles. The summed E-state index contributed by atoms with van der Waals surface area (Å²) in [6.45, 7) is 1.88. The predicted octanol–water partition coefficient (Wildman–Crippen LogP) is 2.50. The van der Waals surface area contributed by atoms with Crippen LogP contribution in [0.25, 0.3) is 0 Å². The summed E-state index contributed by atoms with van der Waals surface area (Å²) < 4.78 is 1.63. The van der Waals surface area contributed by atoms with Crippen LogP contribution >= 0.6 is 0 Å². The van der Waals surface area contributed by atoms with Crippen LogP contribution in [-0.4, -0.2) is 34.0 Å². The van der Waals surface area contributed by atoms with E-state index >= 15 is 0 Å². The first kappa shape index (κ1) is 17.4. The van der Waals surface area contributed by atoms with Crippen LogP contribution in [0.4, 0.5) is 0 Å². The smallest absolute Gasteiger partial charge is 0.273 e. The van der Waals surface area contributed by atoms with Gasteiger partial charge in [-0.05, 0) is 37.0 Å². The molecule has 2 fully saturated rings. The number of hydrogen-bond donors (Lipinski definition) is 2. The second-order valence-corrected chi connectivity index (χ2v) is 7.60. The molecule has 24 heavy (non-hydrogen) atoms. The minimum Gasteiger partial charge on any atom is -0.350 e. The standard InChI is InChI=1S/C18H31N5O/c19-11-12-23-13-16(21-22-23)17(24)20-14-18(9-5-2-6-10-18)15-7-3-1-4-8-15/h13,15H,1-12,14,19H2,(H,20,24). The summed E-state index contributed by atoms with van der Waals surface area (Å²) in [4.78, 5) is 12.5. The van der Waals surface area contributed by atoms with Crippen LogP contribution in [0.5, 0.6) is 0 Å². The van der Waals surface area contributed by atoms with Crippen LogP contribution in [0.15, 0.2) is 6.20 Å². The normalized spacial score (nSPS) is 21.5. The zero-order chi connectivity index (χ0) is 16.8. The van der Waals surface area contributed by atoms with Gasteiger partial charge in [-0.3, -0.25) is 9.48 Å². The summed E-state index contributed by atoms with van der Waals surface area (Å²) in [5.74, 6) is 0.679. The third kappa shape index (κ3) is 3.97. The fourth-order valence-corrected chi connectivity index (χ4v) is 4.69. The lowest BCUT2D eigenvalue weighted by molar-refractivity contribution is 0.0604. The average Bonchev–Trinajstić information content (AvgIpc) is 3.10. The number of nitrogens with zero attached hydrogens (tertiary/aromatic N) is 3. The van der Waals surface area contributed by atoms with Crippen molar-refractivity contribution in [2.75, 3.05) is 13.1 Å². The minimum atomic E-state index is -0.0981. The first-order valence-electron chi connectivity index (χ1n) is 9.62. The number of carbonyl (C=O) groups is 1. The molecule has 0 bridgehead atoms. The van der Waals surface area contributed by atoms with Crippen LogP contribution in [0.1, 0.15) is 74.7 Å². The third-order valence-electron chi connectivity index (χ3n) is 6.05. The summed E-state index contributed by atoms with van der Waals surface area (Å²) in [6.07, 6.45) is 14.9. The number of rotatable bonds is 6. The van der Waals surface area contributed by atoms with Crippen molar-refractivity contribution in [2.24, 2.45) is 17.1 Å². The van der Waals surface area contributed by atoms with E-state index in [0.717, 1.165) is 12.5 Å². The molecule has 6 nitrogen and oxygen atoms in total. The molecule has 0 unspecified atom stereocenters. The highest BCUT2D eigenvalue weighted by molar-refractivity contribution is 5.91. The third-order valence-corrected chi connectivity index (χ3v) is 6.05. The molecule has 1 aromatic heterocycles. The summed E-state index contributed by atoms with van der Waals surface area (Å²) in [6, 6.07) is 0. The topological polar surface area (TPSA) is 85.8 Å². The summed E-state index contributed by atoms with van der Waals surface area (Å²) in [5.41, 5.74) is 6.22. The minimum absolute atomic E-state index is 0.0981. The Morgan fingerprint density at radius 2 is 1.92 bits per heavy atom. The van der Waals surface area contributed by atoms with Gasteiger partial charge in [-0.1, -0.05) is 43.7 Å². The van der Waals surface area contributed by atoms with E-state index in [2.05, 4.69) is 15.6 Å². The number of carbonyl (C=O) groups excluding carboxylic acids is 1. The molecule has 3 rings (SSSR count). The van der Waals surface area contributed by atoms with Crippen LogP contribution in [0, 0.1) is 11.3 Å². The molecule has 6 heteroatoms. The lowest BCUT2D eigenvalue weighted by Gasteiger charge is -2.45. The second-order valence-electron chi connectivity index (χ2n) is 7.60. The van der Waals surface area contributed by atoms with Gasteiger partial charge in [-0.15, -0.1) is 5.10 Å². The molecular weight excluding hydrogens is 302 g/mol. The molecule has 0 saturated heterocycles. The molecule has 2 saturated carbocycles.